The number of hydrogen-bond donors (Lipinski definition) is 3. The van der Waals surface area contributed by atoms with Gasteiger partial charge in [0, 0.05) is 12.6 Å². The number of urea groups is 1. The Morgan fingerprint density at radius 3 is 3.04 bits per heavy atom. The number of ether oxygens (including phenoxy) is 1. The van der Waals surface area contributed by atoms with Crippen LogP contribution in [0.4, 0.5) is 14.9 Å². The summed E-state index contributed by atoms with van der Waals surface area (Å²) in [6.45, 7) is 0.501. The standard InChI is InChI=1S/C17H21FN2O3/c1-2-8-23-16-7-6-13(18)10-15(16)20-17(22)19-11-12-4-3-5-14(21)9-12/h1,6-7,10,12,14,21H,3-5,8-9,11H2,(H2,19,20,22). The summed E-state index contributed by atoms with van der Waals surface area (Å²) in [6.07, 6.45) is 8.30. The van der Waals surface area contributed by atoms with Crippen molar-refractivity contribution >= 4 is 11.7 Å². The highest BCUT2D eigenvalue weighted by atomic mass is 19.1. The lowest BCUT2D eigenvalue weighted by molar-refractivity contribution is 0.101. The summed E-state index contributed by atoms with van der Waals surface area (Å²) in [7, 11) is 0. The van der Waals surface area contributed by atoms with Crippen LogP contribution >= 0.6 is 0 Å². The van der Waals surface area contributed by atoms with Crippen LogP contribution in [0.1, 0.15) is 25.7 Å². The van der Waals surface area contributed by atoms with Gasteiger partial charge in [0.15, 0.2) is 0 Å². The second-order valence-electron chi connectivity index (χ2n) is 5.65. The highest BCUT2D eigenvalue weighted by Crippen LogP contribution is 2.26. The maximum atomic E-state index is 13.3. The normalized spacial score (nSPS) is 20.4. The van der Waals surface area contributed by atoms with E-state index in [0.717, 1.165) is 19.3 Å². The van der Waals surface area contributed by atoms with Crippen LogP contribution in [0.25, 0.3) is 0 Å². The molecule has 2 atom stereocenters. The van der Waals surface area contributed by atoms with E-state index in [1.807, 2.05) is 0 Å². The molecule has 1 fully saturated rings. The fourth-order valence-corrected chi connectivity index (χ4v) is 2.70. The number of halogens is 1. The quantitative estimate of drug-likeness (QED) is 0.730. The van der Waals surface area contributed by atoms with E-state index in [1.165, 1.54) is 18.2 Å². The van der Waals surface area contributed by atoms with Gasteiger partial charge in [-0.2, -0.15) is 0 Å². The molecular formula is C17H21FN2O3. The van der Waals surface area contributed by atoms with E-state index in [0.29, 0.717) is 18.7 Å². The average molecular weight is 320 g/mol. The summed E-state index contributed by atoms with van der Waals surface area (Å²) in [6, 6.07) is 3.38. The first-order valence-corrected chi connectivity index (χ1v) is 7.67. The van der Waals surface area contributed by atoms with E-state index >= 15 is 0 Å². The molecule has 1 aliphatic rings. The number of aliphatic hydroxyl groups is 1. The SMILES string of the molecule is C#CCOc1ccc(F)cc1NC(=O)NCC1CCCC(O)C1. The summed E-state index contributed by atoms with van der Waals surface area (Å²) < 4.78 is 18.6. The molecular weight excluding hydrogens is 299 g/mol. The third-order valence-electron chi connectivity index (χ3n) is 3.81. The van der Waals surface area contributed by atoms with Crippen LogP contribution in [0, 0.1) is 24.1 Å². The van der Waals surface area contributed by atoms with Gasteiger partial charge in [-0.1, -0.05) is 12.3 Å². The third kappa shape index (κ3) is 5.46. The van der Waals surface area contributed by atoms with Crippen LogP contribution in [0.2, 0.25) is 0 Å². The van der Waals surface area contributed by atoms with Gasteiger partial charge >= 0.3 is 6.03 Å². The lowest BCUT2D eigenvalue weighted by Crippen LogP contribution is -2.35. The van der Waals surface area contributed by atoms with Crippen LogP contribution in [0.3, 0.4) is 0 Å². The number of carbonyl (C=O) groups excluding carboxylic acids is 1. The van der Waals surface area contributed by atoms with Gasteiger partial charge < -0.3 is 20.5 Å². The molecule has 1 saturated carbocycles. The van der Waals surface area contributed by atoms with Gasteiger partial charge in [0.2, 0.25) is 0 Å². The highest BCUT2D eigenvalue weighted by molar-refractivity contribution is 5.90. The molecule has 124 valence electrons. The smallest absolute Gasteiger partial charge is 0.319 e. The molecule has 3 N–H and O–H groups in total. The zero-order chi connectivity index (χ0) is 16.7. The molecule has 2 unspecified atom stereocenters. The molecule has 23 heavy (non-hydrogen) atoms. The predicted molar refractivity (Wildman–Crippen MR) is 85.7 cm³/mol. The molecule has 1 aliphatic carbocycles. The van der Waals surface area contributed by atoms with E-state index < -0.39 is 11.8 Å². The lowest BCUT2D eigenvalue weighted by Gasteiger charge is -2.25. The summed E-state index contributed by atoms with van der Waals surface area (Å²) in [5.74, 6) is 2.40. The van der Waals surface area contributed by atoms with Crippen LogP contribution < -0.4 is 15.4 Å². The molecule has 0 bridgehead atoms. The summed E-state index contributed by atoms with van der Waals surface area (Å²) in [4.78, 5) is 12.0. The van der Waals surface area contributed by atoms with Gasteiger partial charge in [-0.05, 0) is 37.3 Å². The minimum atomic E-state index is -0.483. The van der Waals surface area contributed by atoms with Crippen molar-refractivity contribution < 1.29 is 19.0 Å². The Balaban J connectivity index is 1.89. The summed E-state index contributed by atoms with van der Waals surface area (Å²) >= 11 is 0. The molecule has 1 aromatic rings. The van der Waals surface area contributed by atoms with E-state index in [-0.39, 0.29) is 24.3 Å². The zero-order valence-electron chi connectivity index (χ0n) is 12.8. The minimum Gasteiger partial charge on any atom is -0.479 e. The number of nitrogens with one attached hydrogen (secondary N) is 2. The van der Waals surface area contributed by atoms with Crippen LogP contribution in [0.5, 0.6) is 5.75 Å². The van der Waals surface area contributed by atoms with Crippen molar-refractivity contribution in [2.24, 2.45) is 5.92 Å². The van der Waals surface area contributed by atoms with Crippen molar-refractivity contribution in [1.82, 2.24) is 5.32 Å². The molecule has 1 aromatic carbocycles. The molecule has 0 spiro atoms. The molecule has 6 heteroatoms. The molecule has 0 heterocycles. The monoisotopic (exact) mass is 320 g/mol. The van der Waals surface area contributed by atoms with E-state index in [2.05, 4.69) is 16.6 Å². The first kappa shape index (κ1) is 17.1. The topological polar surface area (TPSA) is 70.6 Å². The molecule has 0 saturated heterocycles. The first-order chi connectivity index (χ1) is 11.1. The van der Waals surface area contributed by atoms with E-state index in [9.17, 15) is 14.3 Å². The molecule has 2 amide bonds. The third-order valence-corrected chi connectivity index (χ3v) is 3.81. The number of aliphatic hydroxyl groups excluding tert-OH is 1. The Morgan fingerprint density at radius 2 is 2.30 bits per heavy atom. The first-order valence-electron chi connectivity index (χ1n) is 7.67. The maximum Gasteiger partial charge on any atom is 0.319 e. The number of amides is 2. The Kier molecular flexibility index (Phi) is 6.24. The van der Waals surface area contributed by atoms with Gasteiger partial charge in [0.25, 0.3) is 0 Å². The summed E-state index contributed by atoms with van der Waals surface area (Å²) in [5.41, 5.74) is 0.224. The van der Waals surface area contributed by atoms with Crippen LogP contribution in [0.15, 0.2) is 18.2 Å². The largest absolute Gasteiger partial charge is 0.479 e. The second kappa shape index (κ2) is 8.39. The van der Waals surface area contributed by atoms with E-state index in [4.69, 9.17) is 11.2 Å². The number of anilines is 1. The molecule has 0 aromatic heterocycles. The number of rotatable bonds is 5. The summed E-state index contributed by atoms with van der Waals surface area (Å²) in [5, 5.41) is 14.9. The predicted octanol–water partition coefficient (Wildman–Crippen LogP) is 2.51. The Bertz CT molecular complexity index is 586. The molecule has 0 aliphatic heterocycles. The lowest BCUT2D eigenvalue weighted by atomic mass is 9.87. The fourth-order valence-electron chi connectivity index (χ4n) is 2.70. The highest BCUT2D eigenvalue weighted by Gasteiger charge is 2.20. The van der Waals surface area contributed by atoms with Gasteiger partial charge in [0.1, 0.15) is 18.2 Å². The van der Waals surface area contributed by atoms with Gasteiger partial charge in [-0.3, -0.25) is 0 Å². The Labute approximate surface area is 135 Å². The van der Waals surface area contributed by atoms with Crippen molar-refractivity contribution in [3.63, 3.8) is 0 Å². The van der Waals surface area contributed by atoms with Crippen LogP contribution in [-0.4, -0.2) is 30.4 Å². The number of hydrogen-bond acceptors (Lipinski definition) is 3. The average Bonchev–Trinajstić information content (AvgIpc) is 2.52. The number of benzene rings is 1. The van der Waals surface area contributed by atoms with Crippen molar-refractivity contribution in [3.05, 3.63) is 24.0 Å². The number of terminal acetylenes is 1. The van der Waals surface area contributed by atoms with Gasteiger partial charge in [-0.25, -0.2) is 9.18 Å². The van der Waals surface area contributed by atoms with Gasteiger partial charge in [0.05, 0.1) is 11.8 Å². The van der Waals surface area contributed by atoms with Crippen molar-refractivity contribution in [2.45, 2.75) is 31.8 Å². The van der Waals surface area contributed by atoms with Crippen molar-refractivity contribution in [2.75, 3.05) is 18.5 Å². The Hall–Kier alpha value is -2.26. The second-order valence-corrected chi connectivity index (χ2v) is 5.65. The van der Waals surface area contributed by atoms with Crippen molar-refractivity contribution in [3.8, 4) is 18.1 Å². The number of carbonyl (C=O) groups is 1. The van der Waals surface area contributed by atoms with Crippen molar-refractivity contribution in [1.29, 1.82) is 0 Å². The zero-order valence-corrected chi connectivity index (χ0v) is 12.8. The Morgan fingerprint density at radius 1 is 1.48 bits per heavy atom. The molecule has 2 rings (SSSR count). The minimum absolute atomic E-state index is 0.0297. The van der Waals surface area contributed by atoms with Gasteiger partial charge in [-0.15, -0.1) is 6.42 Å². The molecule has 5 nitrogen and oxygen atoms in total. The fraction of sp³-hybridized carbons (Fsp3) is 0.471. The molecule has 0 radical (unpaired) electrons. The van der Waals surface area contributed by atoms with Crippen LogP contribution in [-0.2, 0) is 0 Å². The maximum absolute atomic E-state index is 13.3. The van der Waals surface area contributed by atoms with E-state index in [1.54, 1.807) is 0 Å².